The molecule has 0 spiro atoms. The first-order valence-electron chi connectivity index (χ1n) is 7.34. The Morgan fingerprint density at radius 2 is 2.29 bits per heavy atom. The molecule has 1 aromatic rings. The second-order valence-corrected chi connectivity index (χ2v) is 8.94. The molecule has 21 heavy (non-hydrogen) atoms. The molecule has 7 heteroatoms. The number of sulfone groups is 1. The van der Waals surface area contributed by atoms with Gasteiger partial charge in [0.25, 0.3) is 0 Å². The van der Waals surface area contributed by atoms with E-state index >= 15 is 0 Å². The fourth-order valence-electron chi connectivity index (χ4n) is 3.20. The number of nitrogens with zero attached hydrogens (tertiary/aromatic N) is 1. The van der Waals surface area contributed by atoms with Crippen molar-refractivity contribution in [1.29, 1.82) is 0 Å². The molecule has 2 aliphatic heterocycles. The summed E-state index contributed by atoms with van der Waals surface area (Å²) in [6.45, 7) is 2.05. The summed E-state index contributed by atoms with van der Waals surface area (Å²) in [6, 6.07) is 3.58. The van der Waals surface area contributed by atoms with Crippen LogP contribution in [-0.2, 0) is 14.6 Å². The molecule has 5 nitrogen and oxygen atoms in total. The van der Waals surface area contributed by atoms with Gasteiger partial charge in [-0.2, -0.15) is 0 Å². The van der Waals surface area contributed by atoms with Crippen LogP contribution >= 0.6 is 11.3 Å². The molecule has 2 fully saturated rings. The number of carbonyl (C=O) groups excluding carboxylic acids is 1. The van der Waals surface area contributed by atoms with Gasteiger partial charge in [-0.1, -0.05) is 19.4 Å². The minimum atomic E-state index is -3.00. The van der Waals surface area contributed by atoms with E-state index in [0.29, 0.717) is 6.42 Å². The molecule has 3 heterocycles. The topological polar surface area (TPSA) is 66.5 Å². The van der Waals surface area contributed by atoms with Gasteiger partial charge in [0.15, 0.2) is 9.84 Å². The van der Waals surface area contributed by atoms with Crippen molar-refractivity contribution in [3.63, 3.8) is 0 Å². The molecule has 0 radical (unpaired) electrons. The normalized spacial score (nSPS) is 32.0. The maximum atomic E-state index is 12.7. The maximum Gasteiger partial charge on any atom is 0.241 e. The molecule has 3 rings (SSSR count). The molecule has 0 aromatic carbocycles. The lowest BCUT2D eigenvalue weighted by Crippen LogP contribution is -2.40. The van der Waals surface area contributed by atoms with Crippen molar-refractivity contribution in [2.45, 2.75) is 44.4 Å². The van der Waals surface area contributed by atoms with E-state index in [4.69, 9.17) is 0 Å². The van der Waals surface area contributed by atoms with Crippen LogP contribution in [0.3, 0.4) is 0 Å². The molecule has 2 saturated heterocycles. The average Bonchev–Trinajstić information content (AvgIpc) is 3.11. The largest absolute Gasteiger partial charge is 0.317 e. The van der Waals surface area contributed by atoms with E-state index in [9.17, 15) is 13.2 Å². The Hall–Kier alpha value is -0.920. The van der Waals surface area contributed by atoms with Crippen molar-refractivity contribution in [3.8, 4) is 0 Å². The number of hydrogen-bond acceptors (Lipinski definition) is 5. The van der Waals surface area contributed by atoms with E-state index < -0.39 is 9.84 Å². The number of thiophene rings is 1. The molecule has 0 bridgehead atoms. The van der Waals surface area contributed by atoms with E-state index in [2.05, 4.69) is 12.2 Å². The second kappa shape index (κ2) is 5.70. The summed E-state index contributed by atoms with van der Waals surface area (Å²) in [7, 11) is -3.00. The molecule has 0 saturated carbocycles. The van der Waals surface area contributed by atoms with Crippen molar-refractivity contribution in [3.05, 3.63) is 22.4 Å². The molecule has 1 aromatic heterocycles. The number of amides is 1. The Kier molecular flexibility index (Phi) is 4.07. The highest BCUT2D eigenvalue weighted by molar-refractivity contribution is 7.91. The van der Waals surface area contributed by atoms with Crippen molar-refractivity contribution < 1.29 is 13.2 Å². The lowest BCUT2D eigenvalue weighted by Gasteiger charge is -2.28. The Morgan fingerprint density at radius 3 is 2.86 bits per heavy atom. The lowest BCUT2D eigenvalue weighted by atomic mass is 10.1. The molecule has 1 N–H and O–H groups in total. The van der Waals surface area contributed by atoms with Gasteiger partial charge in [-0.25, -0.2) is 8.42 Å². The van der Waals surface area contributed by atoms with Crippen LogP contribution in [0.15, 0.2) is 17.5 Å². The average molecular weight is 328 g/mol. The summed E-state index contributed by atoms with van der Waals surface area (Å²) >= 11 is 1.60. The number of rotatable bonds is 4. The highest BCUT2D eigenvalue weighted by atomic mass is 32.2. The molecular formula is C14H20N2O3S2. The third-order valence-corrected chi connectivity index (χ3v) is 6.86. The zero-order chi connectivity index (χ0) is 15.0. The SMILES string of the molecule is CCCC1NC(c2cccs2)N(C2CCS(=O)(=O)C2)C1=O. The molecule has 1 amide bonds. The first kappa shape index (κ1) is 15.0. The number of hydrogen-bond donors (Lipinski definition) is 1. The summed E-state index contributed by atoms with van der Waals surface area (Å²) in [5, 5.41) is 5.37. The van der Waals surface area contributed by atoms with Crippen LogP contribution in [-0.4, -0.2) is 42.8 Å². The smallest absolute Gasteiger partial charge is 0.241 e. The summed E-state index contributed by atoms with van der Waals surface area (Å²) < 4.78 is 23.5. The summed E-state index contributed by atoms with van der Waals surface area (Å²) in [4.78, 5) is 15.5. The highest BCUT2D eigenvalue weighted by Gasteiger charge is 2.46. The van der Waals surface area contributed by atoms with Gasteiger partial charge in [0.05, 0.1) is 17.5 Å². The maximum absolute atomic E-state index is 12.7. The van der Waals surface area contributed by atoms with Gasteiger partial charge in [0.2, 0.25) is 5.91 Å². The highest BCUT2D eigenvalue weighted by Crippen LogP contribution is 2.34. The Labute approximate surface area is 129 Å². The van der Waals surface area contributed by atoms with Crippen LogP contribution in [0, 0.1) is 0 Å². The Balaban J connectivity index is 1.88. The van der Waals surface area contributed by atoms with Gasteiger partial charge in [0, 0.05) is 10.9 Å². The first-order valence-corrected chi connectivity index (χ1v) is 10.0. The van der Waals surface area contributed by atoms with Crippen molar-refractivity contribution in [1.82, 2.24) is 10.2 Å². The summed E-state index contributed by atoms with van der Waals surface area (Å²) in [6.07, 6.45) is 2.09. The zero-order valence-corrected chi connectivity index (χ0v) is 13.6. The van der Waals surface area contributed by atoms with E-state index in [1.807, 2.05) is 17.5 Å². The number of nitrogens with one attached hydrogen (secondary N) is 1. The zero-order valence-electron chi connectivity index (χ0n) is 12.0. The predicted molar refractivity (Wildman–Crippen MR) is 82.8 cm³/mol. The predicted octanol–water partition coefficient (Wildman–Crippen LogP) is 1.53. The Morgan fingerprint density at radius 1 is 1.48 bits per heavy atom. The van der Waals surface area contributed by atoms with Crippen molar-refractivity contribution in [2.75, 3.05) is 11.5 Å². The van der Waals surface area contributed by atoms with Gasteiger partial charge >= 0.3 is 0 Å². The van der Waals surface area contributed by atoms with Gasteiger partial charge in [0.1, 0.15) is 6.17 Å². The van der Waals surface area contributed by atoms with Crippen LogP contribution in [0.25, 0.3) is 0 Å². The fourth-order valence-corrected chi connectivity index (χ4v) is 5.69. The minimum absolute atomic E-state index is 0.0531. The third kappa shape index (κ3) is 2.86. The lowest BCUT2D eigenvalue weighted by molar-refractivity contribution is -0.132. The van der Waals surface area contributed by atoms with Crippen molar-refractivity contribution >= 4 is 27.1 Å². The fraction of sp³-hybridized carbons (Fsp3) is 0.643. The van der Waals surface area contributed by atoms with Gasteiger partial charge in [-0.05, 0) is 24.3 Å². The van der Waals surface area contributed by atoms with Crippen LogP contribution in [0.1, 0.15) is 37.2 Å². The Bertz CT molecular complexity index is 612. The van der Waals surface area contributed by atoms with Crippen LogP contribution < -0.4 is 5.32 Å². The summed E-state index contributed by atoms with van der Waals surface area (Å²) in [5.41, 5.74) is 0. The molecular weight excluding hydrogens is 308 g/mol. The van der Waals surface area contributed by atoms with Gasteiger partial charge in [-0.3, -0.25) is 10.1 Å². The molecule has 3 atom stereocenters. The van der Waals surface area contributed by atoms with E-state index in [-0.39, 0.29) is 35.7 Å². The first-order chi connectivity index (χ1) is 10.0. The van der Waals surface area contributed by atoms with Gasteiger partial charge in [-0.15, -0.1) is 11.3 Å². The van der Waals surface area contributed by atoms with Gasteiger partial charge < -0.3 is 4.90 Å². The second-order valence-electron chi connectivity index (χ2n) is 5.73. The minimum Gasteiger partial charge on any atom is -0.317 e. The van der Waals surface area contributed by atoms with E-state index in [1.165, 1.54) is 0 Å². The van der Waals surface area contributed by atoms with E-state index in [0.717, 1.165) is 17.7 Å². The van der Waals surface area contributed by atoms with Crippen molar-refractivity contribution in [2.24, 2.45) is 0 Å². The standard InChI is InChI=1S/C14H20N2O3S2/c1-2-4-11-14(17)16(10-6-8-21(18,19)9-10)13(15-11)12-5-3-7-20-12/h3,5,7,10-11,13,15H,2,4,6,8-9H2,1H3. The van der Waals surface area contributed by atoms with Crippen LogP contribution in [0.5, 0.6) is 0 Å². The molecule has 2 aliphatic rings. The molecule has 116 valence electrons. The van der Waals surface area contributed by atoms with Crippen LogP contribution in [0.4, 0.5) is 0 Å². The summed E-state index contributed by atoms with van der Waals surface area (Å²) in [5.74, 6) is 0.343. The quantitative estimate of drug-likeness (QED) is 0.910. The number of carbonyl (C=O) groups is 1. The molecule has 0 aliphatic carbocycles. The van der Waals surface area contributed by atoms with E-state index in [1.54, 1.807) is 16.2 Å². The molecule has 3 unspecified atom stereocenters. The van der Waals surface area contributed by atoms with Crippen LogP contribution in [0.2, 0.25) is 0 Å². The monoisotopic (exact) mass is 328 g/mol. The third-order valence-electron chi connectivity index (χ3n) is 4.18.